The van der Waals surface area contributed by atoms with Crippen LogP contribution in [0, 0.1) is 22.2 Å². The van der Waals surface area contributed by atoms with Crippen LogP contribution in [0.4, 0.5) is 26.3 Å². The molecule has 7 rings (SSSR count). The lowest BCUT2D eigenvalue weighted by Crippen LogP contribution is -2.72. The highest BCUT2D eigenvalue weighted by atomic mass is 19.4. The third-order valence-electron chi connectivity index (χ3n) is 6.76. The van der Waals surface area contributed by atoms with Gasteiger partial charge in [0.15, 0.2) is 5.60 Å². The Balaban J connectivity index is 1.51. The maximum atomic E-state index is 12.7. The van der Waals surface area contributed by atoms with Crippen molar-refractivity contribution in [3.63, 3.8) is 0 Å². The molecule has 0 aliphatic heterocycles. The molecule has 0 saturated heterocycles. The van der Waals surface area contributed by atoms with E-state index in [0.717, 1.165) is 25.7 Å². The average Bonchev–Trinajstić information content (AvgIpc) is 2.38. The molecule has 4 bridgehead atoms. The Morgan fingerprint density at radius 3 is 1.80 bits per heavy atom. The lowest BCUT2D eigenvalue weighted by Gasteiger charge is -2.76. The molecule has 0 aromatic heterocycles. The van der Waals surface area contributed by atoms with Gasteiger partial charge in [0, 0.05) is 5.41 Å². The average molecular weight is 371 g/mol. The lowest BCUT2D eigenvalue weighted by atomic mass is 9.29. The normalized spacial score (nSPS) is 42.3. The van der Waals surface area contributed by atoms with Crippen LogP contribution in [0.5, 0.6) is 0 Å². The van der Waals surface area contributed by atoms with Crippen LogP contribution >= 0.6 is 0 Å². The number of hydrogen-bond donors (Lipinski definition) is 0. The molecule has 25 heavy (non-hydrogen) atoms. The van der Waals surface area contributed by atoms with E-state index in [9.17, 15) is 36.2 Å². The van der Waals surface area contributed by atoms with E-state index >= 15 is 0 Å². The molecule has 0 unspecified atom stereocenters. The van der Waals surface area contributed by atoms with E-state index in [0.29, 0.717) is 25.2 Å². The number of carbonyl (C=O) groups is 1. The first kappa shape index (κ1) is 17.4. The molecule has 7 aliphatic rings. The van der Waals surface area contributed by atoms with Gasteiger partial charge >= 0.3 is 18.3 Å². The van der Waals surface area contributed by atoms with Crippen molar-refractivity contribution in [3.05, 3.63) is 0 Å². The van der Waals surface area contributed by atoms with Crippen molar-refractivity contribution in [3.8, 4) is 0 Å². The number of esters is 1. The van der Waals surface area contributed by atoms with Crippen molar-refractivity contribution in [2.75, 3.05) is 6.61 Å². The summed E-state index contributed by atoms with van der Waals surface area (Å²) in [6.07, 6.45) is -6.43. The second kappa shape index (κ2) is 4.46. The monoisotopic (exact) mass is 371 g/mol. The van der Waals surface area contributed by atoms with Gasteiger partial charge in [-0.2, -0.15) is 26.3 Å². The van der Waals surface area contributed by atoms with E-state index in [4.69, 9.17) is 0 Å². The zero-order chi connectivity index (χ0) is 18.5. The van der Waals surface area contributed by atoms with Crippen LogP contribution in [-0.4, -0.2) is 30.5 Å². The molecule has 142 valence electrons. The summed E-state index contributed by atoms with van der Waals surface area (Å²) in [6.45, 7) is -0.526. The predicted octanol–water partition coefficient (Wildman–Crippen LogP) is 3.11. The summed E-state index contributed by atoms with van der Waals surface area (Å²) in [4.78, 5) is 11.6. The van der Waals surface area contributed by atoms with Crippen molar-refractivity contribution in [2.24, 2.45) is 22.2 Å². The maximum Gasteiger partial charge on any atom is 0.399 e. The number of halogens is 6. The fourth-order valence-corrected chi connectivity index (χ4v) is 6.95. The molecule has 0 N–H and O–H groups in total. The quantitative estimate of drug-likeness (QED) is 0.566. The largest absolute Gasteiger partial charge is 0.828 e. The van der Waals surface area contributed by atoms with Gasteiger partial charge in [0.05, 0.1) is 6.61 Å². The highest BCUT2D eigenvalue weighted by molar-refractivity contribution is 5.81. The summed E-state index contributed by atoms with van der Waals surface area (Å²) >= 11 is 0. The third-order valence-corrected chi connectivity index (χ3v) is 6.76. The first-order valence-electron chi connectivity index (χ1n) is 8.25. The number of carbonyl (C=O) groups excluding carboxylic acids is 1. The number of alkyl halides is 6. The van der Waals surface area contributed by atoms with Gasteiger partial charge in [-0.3, -0.25) is 4.79 Å². The fourth-order valence-electron chi connectivity index (χ4n) is 6.95. The van der Waals surface area contributed by atoms with Crippen LogP contribution in [0.2, 0.25) is 0 Å². The Morgan fingerprint density at radius 2 is 1.40 bits per heavy atom. The highest BCUT2D eigenvalue weighted by Crippen LogP contribution is 2.80. The molecule has 7 aliphatic carbocycles. The van der Waals surface area contributed by atoms with Crippen molar-refractivity contribution < 1.29 is 41.0 Å². The van der Waals surface area contributed by atoms with E-state index in [1.807, 2.05) is 0 Å². The van der Waals surface area contributed by atoms with Crippen molar-refractivity contribution in [1.82, 2.24) is 0 Å². The Morgan fingerprint density at radius 1 is 0.920 bits per heavy atom. The number of rotatable bonds is 3. The molecule has 0 amide bonds. The van der Waals surface area contributed by atoms with E-state index in [1.165, 1.54) is 0 Å². The zero-order valence-corrected chi connectivity index (χ0v) is 13.2. The Labute approximate surface area is 139 Å². The minimum absolute atomic E-state index is 0.119. The molecule has 0 atom stereocenters. The molecular formula is C16H17F6O3-. The van der Waals surface area contributed by atoms with E-state index < -0.39 is 35.9 Å². The van der Waals surface area contributed by atoms with Crippen LogP contribution in [0.3, 0.4) is 0 Å². The van der Waals surface area contributed by atoms with Crippen molar-refractivity contribution >= 4 is 5.97 Å². The van der Waals surface area contributed by atoms with Gasteiger partial charge in [-0.05, 0) is 61.7 Å². The Bertz CT molecular complexity index is 571. The minimum Gasteiger partial charge on any atom is -0.828 e. The van der Waals surface area contributed by atoms with Crippen LogP contribution < -0.4 is 5.11 Å². The van der Waals surface area contributed by atoms with E-state index in [2.05, 4.69) is 4.74 Å². The molecule has 0 aromatic carbocycles. The predicted molar refractivity (Wildman–Crippen MR) is 68.9 cm³/mol. The summed E-state index contributed by atoms with van der Waals surface area (Å²) in [7, 11) is 0. The second-order valence-electron chi connectivity index (χ2n) is 8.94. The lowest BCUT2D eigenvalue weighted by molar-refractivity contribution is -0.574. The van der Waals surface area contributed by atoms with E-state index in [-0.39, 0.29) is 10.8 Å². The molecule has 0 radical (unpaired) electrons. The zero-order valence-electron chi connectivity index (χ0n) is 13.2. The van der Waals surface area contributed by atoms with Gasteiger partial charge in [-0.25, -0.2) is 0 Å². The first-order valence-corrected chi connectivity index (χ1v) is 8.25. The van der Waals surface area contributed by atoms with E-state index in [1.54, 1.807) is 0 Å². The molecular weight excluding hydrogens is 354 g/mol. The Hall–Kier alpha value is -0.990. The smallest absolute Gasteiger partial charge is 0.399 e. The van der Waals surface area contributed by atoms with Crippen molar-refractivity contribution in [1.29, 1.82) is 0 Å². The SMILES string of the molecule is O=C(OCC12CC3CC4(C1)CC(C3)(C2)C4)C([O-])(C(F)(F)F)C(F)(F)F. The van der Waals surface area contributed by atoms with Crippen LogP contribution in [0.1, 0.15) is 44.9 Å². The minimum atomic E-state index is -6.30. The number of hydrogen-bond acceptors (Lipinski definition) is 3. The van der Waals surface area contributed by atoms with Gasteiger partial charge in [-0.15, -0.1) is 0 Å². The standard InChI is InChI=1S/C16H17F6O3/c17-15(18,19)14(24,16(20,21)22)10(23)25-8-13-3-9-1-11(6-13)4-12(2-9,5-11)7-13/h9H,1-8H2/q-1. The molecule has 2 spiro atoms. The van der Waals surface area contributed by atoms with Gasteiger partial charge in [0.25, 0.3) is 0 Å². The summed E-state index contributed by atoms with van der Waals surface area (Å²) in [6, 6.07) is 0. The van der Waals surface area contributed by atoms with Gasteiger partial charge in [0.2, 0.25) is 0 Å². The third kappa shape index (κ3) is 2.20. The molecule has 7 fully saturated rings. The molecule has 0 aromatic rings. The van der Waals surface area contributed by atoms with Crippen LogP contribution in [-0.2, 0) is 9.53 Å². The highest BCUT2D eigenvalue weighted by Gasteiger charge is 2.72. The second-order valence-corrected chi connectivity index (χ2v) is 8.94. The fraction of sp³-hybridized carbons (Fsp3) is 0.938. The first-order chi connectivity index (χ1) is 11.2. The van der Waals surface area contributed by atoms with Crippen LogP contribution in [0.15, 0.2) is 0 Å². The Kier molecular flexibility index (Phi) is 3.11. The summed E-state index contributed by atoms with van der Waals surface area (Å²) < 4.78 is 80.4. The molecule has 7 saturated carbocycles. The maximum absolute atomic E-state index is 12.7. The van der Waals surface area contributed by atoms with Gasteiger partial charge < -0.3 is 9.84 Å². The summed E-state index contributed by atoms with van der Waals surface area (Å²) in [5, 5.41) is 11.4. The summed E-state index contributed by atoms with van der Waals surface area (Å²) in [5.41, 5.74) is -6.06. The van der Waals surface area contributed by atoms with Gasteiger partial charge in [0.1, 0.15) is 0 Å². The van der Waals surface area contributed by atoms with Crippen molar-refractivity contribution in [2.45, 2.75) is 62.9 Å². The molecule has 3 nitrogen and oxygen atoms in total. The topological polar surface area (TPSA) is 49.4 Å². The summed E-state index contributed by atoms with van der Waals surface area (Å²) in [5.74, 6) is -2.39. The van der Waals surface area contributed by atoms with Gasteiger partial charge in [-0.1, -0.05) is 0 Å². The molecule has 0 heterocycles. The van der Waals surface area contributed by atoms with Crippen LogP contribution in [0.25, 0.3) is 0 Å². The number of ether oxygens (including phenoxy) is 1. The molecule has 9 heteroatoms.